The van der Waals surface area contributed by atoms with Gasteiger partial charge in [0.2, 0.25) is 5.95 Å². The number of imidazole rings is 1. The van der Waals surface area contributed by atoms with Crippen LogP contribution >= 0.6 is 34.5 Å². The van der Waals surface area contributed by atoms with Gasteiger partial charge in [-0.25, -0.2) is 15.0 Å². The maximum Gasteiger partial charge on any atom is 0.258 e. The van der Waals surface area contributed by atoms with Gasteiger partial charge in [0.25, 0.3) is 5.91 Å². The van der Waals surface area contributed by atoms with E-state index in [9.17, 15) is 4.79 Å². The van der Waals surface area contributed by atoms with Crippen LogP contribution in [0.2, 0.25) is 10.0 Å². The minimum atomic E-state index is -0.408. The summed E-state index contributed by atoms with van der Waals surface area (Å²) in [5.41, 5.74) is 4.73. The van der Waals surface area contributed by atoms with E-state index >= 15 is 0 Å². The van der Waals surface area contributed by atoms with Crippen molar-refractivity contribution in [3.63, 3.8) is 0 Å². The summed E-state index contributed by atoms with van der Waals surface area (Å²) in [6.07, 6.45) is 1.42. The molecule has 0 saturated carbocycles. The Hall–Kier alpha value is -4.38. The zero-order chi connectivity index (χ0) is 29.4. The highest BCUT2D eigenvalue weighted by Gasteiger charge is 2.22. The first-order chi connectivity index (χ1) is 20.4. The predicted octanol–water partition coefficient (Wildman–Crippen LogP) is 7.72. The number of carbonyl (C=O) groups excluding carboxylic acids is 1. The number of methoxy groups -OCH3 is 2. The summed E-state index contributed by atoms with van der Waals surface area (Å²) in [5, 5.41) is 8.51. The van der Waals surface area contributed by atoms with Crippen LogP contribution in [0.5, 0.6) is 11.5 Å². The van der Waals surface area contributed by atoms with Crippen LogP contribution in [-0.2, 0) is 6.54 Å². The summed E-state index contributed by atoms with van der Waals surface area (Å²) in [6.45, 7) is 2.38. The zero-order valence-corrected chi connectivity index (χ0v) is 25.1. The molecule has 6 rings (SSSR count). The van der Waals surface area contributed by atoms with E-state index < -0.39 is 5.91 Å². The highest BCUT2D eigenvalue weighted by molar-refractivity contribution is 7.18. The molecule has 0 radical (unpaired) electrons. The molecule has 0 bridgehead atoms. The van der Waals surface area contributed by atoms with Crippen LogP contribution in [0.1, 0.15) is 21.5 Å². The summed E-state index contributed by atoms with van der Waals surface area (Å²) in [6, 6.07) is 17.5. The van der Waals surface area contributed by atoms with E-state index in [1.54, 1.807) is 18.6 Å². The Morgan fingerprint density at radius 3 is 2.57 bits per heavy atom. The third-order valence-corrected chi connectivity index (χ3v) is 8.63. The Balaban J connectivity index is 1.34. The molecule has 2 N–H and O–H groups in total. The number of rotatable bonds is 8. The van der Waals surface area contributed by atoms with Gasteiger partial charge in [-0.2, -0.15) is 0 Å². The van der Waals surface area contributed by atoms with Gasteiger partial charge < -0.3 is 24.7 Å². The van der Waals surface area contributed by atoms with Crippen LogP contribution in [0.25, 0.3) is 21.3 Å². The van der Waals surface area contributed by atoms with Gasteiger partial charge in [0.15, 0.2) is 5.82 Å². The quantitative estimate of drug-likeness (QED) is 0.180. The Kier molecular flexibility index (Phi) is 7.59. The van der Waals surface area contributed by atoms with Crippen LogP contribution in [0.3, 0.4) is 0 Å². The first kappa shape index (κ1) is 27.8. The van der Waals surface area contributed by atoms with E-state index in [0.29, 0.717) is 44.9 Å². The van der Waals surface area contributed by atoms with Crippen molar-refractivity contribution < 1.29 is 14.3 Å². The number of thiophene rings is 1. The Labute approximate surface area is 255 Å². The number of carbonyl (C=O) groups is 1. The maximum absolute atomic E-state index is 13.4. The molecule has 3 heterocycles. The van der Waals surface area contributed by atoms with Gasteiger partial charge in [-0.05, 0) is 48.4 Å². The molecule has 0 aliphatic carbocycles. The molecule has 0 aliphatic rings. The lowest BCUT2D eigenvalue weighted by atomic mass is 10.2. The number of para-hydroxylation sites is 2. The first-order valence-electron chi connectivity index (χ1n) is 12.8. The molecule has 0 saturated heterocycles. The van der Waals surface area contributed by atoms with Crippen LogP contribution < -0.4 is 20.1 Å². The molecule has 42 heavy (non-hydrogen) atoms. The average Bonchev–Trinajstić information content (AvgIpc) is 3.60. The van der Waals surface area contributed by atoms with Crippen molar-refractivity contribution in [2.75, 3.05) is 24.9 Å². The van der Waals surface area contributed by atoms with Gasteiger partial charge in [-0.1, -0.05) is 47.5 Å². The highest BCUT2D eigenvalue weighted by Crippen LogP contribution is 2.41. The number of hydrogen-bond acceptors (Lipinski definition) is 8. The van der Waals surface area contributed by atoms with Crippen LogP contribution in [0, 0.1) is 6.92 Å². The van der Waals surface area contributed by atoms with Gasteiger partial charge in [0, 0.05) is 5.38 Å². The fourth-order valence-electron chi connectivity index (χ4n) is 4.63. The van der Waals surface area contributed by atoms with E-state index in [-0.39, 0.29) is 10.7 Å². The van der Waals surface area contributed by atoms with Crippen molar-refractivity contribution >= 4 is 79.1 Å². The maximum atomic E-state index is 13.4. The molecule has 0 atom stereocenters. The molecular formula is C30H24Cl2N6O3S. The number of nitrogens with one attached hydrogen (secondary N) is 2. The average molecular weight is 620 g/mol. The van der Waals surface area contributed by atoms with Crippen LogP contribution in [-0.4, -0.2) is 39.6 Å². The second-order valence-electron chi connectivity index (χ2n) is 9.39. The molecule has 9 nitrogen and oxygen atoms in total. The third kappa shape index (κ3) is 5.09. The molecule has 0 fully saturated rings. The first-order valence-corrected chi connectivity index (χ1v) is 14.4. The molecule has 12 heteroatoms. The molecule has 3 aromatic carbocycles. The van der Waals surface area contributed by atoms with Crippen LogP contribution in [0.4, 0.5) is 17.5 Å². The van der Waals surface area contributed by atoms with Gasteiger partial charge in [0.1, 0.15) is 22.8 Å². The highest BCUT2D eigenvalue weighted by atomic mass is 35.5. The monoisotopic (exact) mass is 618 g/mol. The minimum Gasteiger partial charge on any atom is -0.497 e. The number of halogens is 2. The topological polar surface area (TPSA) is 103 Å². The van der Waals surface area contributed by atoms with Gasteiger partial charge in [0.05, 0.1) is 58.3 Å². The van der Waals surface area contributed by atoms with Gasteiger partial charge >= 0.3 is 0 Å². The van der Waals surface area contributed by atoms with E-state index in [4.69, 9.17) is 37.7 Å². The van der Waals surface area contributed by atoms with E-state index in [1.807, 2.05) is 55.5 Å². The zero-order valence-electron chi connectivity index (χ0n) is 22.7. The standard InChI is InChI=1S/C30H24Cl2N6O3S/c1-16-12-22(41-3)24(32)26(23(16)31)36-29(39)19-14-42-27-25(19)33-15-34-28(27)37-30-35-20-6-4-5-7-21(20)38(30)13-17-8-10-18(40-2)11-9-17/h4-12,14-15H,13H2,1-3H3,(H,36,39)(H,33,34,35,37). The van der Waals surface area contributed by atoms with Crippen LogP contribution in [0.15, 0.2) is 66.3 Å². The molecule has 6 aromatic rings. The fraction of sp³-hybridized carbons (Fsp3) is 0.133. The minimum absolute atomic E-state index is 0.216. The summed E-state index contributed by atoms with van der Waals surface area (Å²) >= 11 is 14.3. The predicted molar refractivity (Wildman–Crippen MR) is 168 cm³/mol. The summed E-state index contributed by atoms with van der Waals surface area (Å²) in [5.74, 6) is 1.93. The molecule has 1 amide bonds. The lowest BCUT2D eigenvalue weighted by Crippen LogP contribution is -2.13. The number of anilines is 3. The number of aromatic nitrogens is 4. The summed E-state index contributed by atoms with van der Waals surface area (Å²) in [7, 11) is 3.15. The van der Waals surface area contributed by atoms with E-state index in [0.717, 1.165) is 27.9 Å². The molecule has 0 unspecified atom stereocenters. The van der Waals surface area contributed by atoms with Gasteiger partial charge in [-0.15, -0.1) is 11.3 Å². The normalized spacial score (nSPS) is 11.2. The Morgan fingerprint density at radius 1 is 1.02 bits per heavy atom. The number of hydrogen-bond donors (Lipinski definition) is 2. The van der Waals surface area contributed by atoms with Crippen molar-refractivity contribution in [1.82, 2.24) is 19.5 Å². The number of nitrogens with zero attached hydrogens (tertiary/aromatic N) is 4. The number of aryl methyl sites for hydroxylation is 1. The molecule has 3 aromatic heterocycles. The number of benzene rings is 3. The van der Waals surface area contributed by atoms with Crippen molar-refractivity contribution in [2.24, 2.45) is 0 Å². The van der Waals surface area contributed by atoms with E-state index in [1.165, 1.54) is 24.8 Å². The molecule has 0 aliphatic heterocycles. The number of amides is 1. The van der Waals surface area contributed by atoms with Crippen molar-refractivity contribution in [3.05, 3.63) is 93.0 Å². The second kappa shape index (κ2) is 11.5. The van der Waals surface area contributed by atoms with Gasteiger partial charge in [-0.3, -0.25) is 4.79 Å². The Morgan fingerprint density at radius 2 is 1.81 bits per heavy atom. The molecular weight excluding hydrogens is 595 g/mol. The van der Waals surface area contributed by atoms with E-state index in [2.05, 4.69) is 25.2 Å². The largest absolute Gasteiger partial charge is 0.497 e. The second-order valence-corrected chi connectivity index (χ2v) is 11.0. The summed E-state index contributed by atoms with van der Waals surface area (Å²) in [4.78, 5) is 27.2. The van der Waals surface area contributed by atoms with Crippen molar-refractivity contribution in [1.29, 1.82) is 0 Å². The SMILES string of the molecule is COc1ccc(Cn2c(Nc3ncnc4c(C(=O)Nc5c(Cl)c(C)cc(OC)c5Cl)csc34)nc3ccccc32)cc1. The Bertz CT molecular complexity index is 1960. The lowest BCUT2D eigenvalue weighted by Gasteiger charge is -2.14. The van der Waals surface area contributed by atoms with Crippen molar-refractivity contribution in [2.45, 2.75) is 13.5 Å². The number of fused-ring (bicyclic) bond motifs is 2. The number of ether oxygens (including phenoxy) is 2. The third-order valence-electron chi connectivity index (χ3n) is 6.79. The fourth-order valence-corrected chi connectivity index (χ4v) is 6.09. The molecule has 212 valence electrons. The van der Waals surface area contributed by atoms with Crippen molar-refractivity contribution in [3.8, 4) is 11.5 Å². The summed E-state index contributed by atoms with van der Waals surface area (Å²) < 4.78 is 13.4. The smallest absolute Gasteiger partial charge is 0.258 e. The lowest BCUT2D eigenvalue weighted by molar-refractivity contribution is 0.102. The molecule has 0 spiro atoms.